The van der Waals surface area contributed by atoms with Crippen LogP contribution in [0.2, 0.25) is 0 Å². The SMILES string of the molecule is CCCNC(=O)N(C)CC(=O)N1N=C(c2ccc(F)cc2)C[C@H]1c1cccc([N+](=O)[O-])c1. The molecule has 0 unspecified atom stereocenters. The summed E-state index contributed by atoms with van der Waals surface area (Å²) in [6, 6.07) is 10.8. The van der Waals surface area contributed by atoms with E-state index in [9.17, 15) is 24.1 Å². The van der Waals surface area contributed by atoms with Crippen LogP contribution < -0.4 is 5.32 Å². The van der Waals surface area contributed by atoms with E-state index in [1.54, 1.807) is 24.3 Å². The zero-order valence-corrected chi connectivity index (χ0v) is 17.8. The van der Waals surface area contributed by atoms with E-state index in [1.165, 1.54) is 41.2 Å². The second kappa shape index (κ2) is 9.99. The van der Waals surface area contributed by atoms with Crippen molar-refractivity contribution in [3.63, 3.8) is 0 Å². The number of nitro groups is 1. The first kappa shape index (κ1) is 22.9. The smallest absolute Gasteiger partial charge is 0.317 e. The van der Waals surface area contributed by atoms with Crippen LogP contribution in [0.25, 0.3) is 0 Å². The van der Waals surface area contributed by atoms with E-state index < -0.39 is 22.7 Å². The summed E-state index contributed by atoms with van der Waals surface area (Å²) in [5, 5.41) is 19.6. The van der Waals surface area contributed by atoms with E-state index in [0.717, 1.165) is 6.42 Å². The number of hydrazone groups is 1. The molecule has 1 aliphatic rings. The van der Waals surface area contributed by atoms with Gasteiger partial charge in [0, 0.05) is 32.1 Å². The van der Waals surface area contributed by atoms with Gasteiger partial charge in [0.25, 0.3) is 11.6 Å². The van der Waals surface area contributed by atoms with Crippen LogP contribution in [0.15, 0.2) is 53.6 Å². The number of urea groups is 1. The fourth-order valence-electron chi connectivity index (χ4n) is 3.38. The largest absolute Gasteiger partial charge is 0.338 e. The van der Waals surface area contributed by atoms with Crippen molar-refractivity contribution in [1.82, 2.24) is 15.2 Å². The van der Waals surface area contributed by atoms with Crippen LogP contribution in [0, 0.1) is 15.9 Å². The molecule has 9 nitrogen and oxygen atoms in total. The first-order chi connectivity index (χ1) is 15.3. The molecule has 0 bridgehead atoms. The van der Waals surface area contributed by atoms with Crippen LogP contribution in [0.1, 0.15) is 36.9 Å². The Bertz CT molecular complexity index is 1040. The van der Waals surface area contributed by atoms with Gasteiger partial charge in [0.2, 0.25) is 0 Å². The number of amides is 3. The van der Waals surface area contributed by atoms with Gasteiger partial charge in [0.15, 0.2) is 0 Å². The maximum Gasteiger partial charge on any atom is 0.317 e. The Morgan fingerprint density at radius 2 is 2.00 bits per heavy atom. The summed E-state index contributed by atoms with van der Waals surface area (Å²) >= 11 is 0. The fraction of sp³-hybridized carbons (Fsp3) is 0.318. The Morgan fingerprint density at radius 1 is 1.28 bits per heavy atom. The van der Waals surface area contributed by atoms with Gasteiger partial charge in [-0.3, -0.25) is 14.9 Å². The molecule has 0 saturated heterocycles. The van der Waals surface area contributed by atoms with Crippen LogP contribution in [0.4, 0.5) is 14.9 Å². The van der Waals surface area contributed by atoms with Crippen molar-refractivity contribution in [3.05, 3.63) is 75.6 Å². The highest BCUT2D eigenvalue weighted by atomic mass is 19.1. The third kappa shape index (κ3) is 5.26. The standard InChI is InChI=1S/C22H24FN5O4/c1-3-11-24-22(30)26(2)14-21(29)27-20(16-5-4-6-18(12-16)28(31)32)13-19(25-27)15-7-9-17(23)10-8-15/h4-10,12,20H,3,11,13-14H2,1-2H3,(H,24,30)/t20-/m0/s1. The number of likely N-dealkylation sites (N-methyl/N-ethyl adjacent to an activating group) is 1. The molecule has 1 N–H and O–H groups in total. The number of carbonyl (C=O) groups is 2. The molecular weight excluding hydrogens is 417 g/mol. The summed E-state index contributed by atoms with van der Waals surface area (Å²) in [7, 11) is 1.51. The van der Waals surface area contributed by atoms with E-state index in [1.807, 2.05) is 6.92 Å². The van der Waals surface area contributed by atoms with Gasteiger partial charge in [-0.05, 0) is 29.7 Å². The molecule has 0 saturated carbocycles. The van der Waals surface area contributed by atoms with Crippen molar-refractivity contribution in [3.8, 4) is 0 Å². The van der Waals surface area contributed by atoms with Crippen molar-refractivity contribution in [1.29, 1.82) is 0 Å². The molecule has 0 spiro atoms. The number of benzene rings is 2. The van der Waals surface area contributed by atoms with Crippen LogP contribution in [0.5, 0.6) is 0 Å². The Balaban J connectivity index is 1.88. The van der Waals surface area contributed by atoms with E-state index in [2.05, 4.69) is 10.4 Å². The molecule has 3 rings (SSSR count). The summed E-state index contributed by atoms with van der Waals surface area (Å²) < 4.78 is 13.3. The molecular formula is C22H24FN5O4. The maximum absolute atomic E-state index is 13.3. The van der Waals surface area contributed by atoms with E-state index in [0.29, 0.717) is 29.8 Å². The predicted octanol–water partition coefficient (Wildman–Crippen LogP) is 3.46. The van der Waals surface area contributed by atoms with Crippen molar-refractivity contribution >= 4 is 23.3 Å². The Kier molecular flexibility index (Phi) is 7.14. The molecule has 0 aliphatic carbocycles. The third-order valence-electron chi connectivity index (χ3n) is 5.05. The van der Waals surface area contributed by atoms with Crippen molar-refractivity contribution in [2.24, 2.45) is 5.10 Å². The van der Waals surface area contributed by atoms with Crippen molar-refractivity contribution in [2.45, 2.75) is 25.8 Å². The van der Waals surface area contributed by atoms with E-state index in [-0.39, 0.29) is 18.3 Å². The lowest BCUT2D eigenvalue weighted by Gasteiger charge is -2.25. The topological polar surface area (TPSA) is 108 Å². The molecule has 0 radical (unpaired) electrons. The van der Waals surface area contributed by atoms with Gasteiger partial charge in [-0.2, -0.15) is 5.10 Å². The van der Waals surface area contributed by atoms with Gasteiger partial charge in [0.05, 0.1) is 16.7 Å². The maximum atomic E-state index is 13.3. The predicted molar refractivity (Wildman–Crippen MR) is 117 cm³/mol. The number of hydrogen-bond acceptors (Lipinski definition) is 5. The molecule has 2 aromatic rings. The third-order valence-corrected chi connectivity index (χ3v) is 5.05. The lowest BCUT2D eigenvalue weighted by Crippen LogP contribution is -2.43. The molecule has 0 aromatic heterocycles. The second-order valence-electron chi connectivity index (χ2n) is 7.45. The van der Waals surface area contributed by atoms with E-state index >= 15 is 0 Å². The average molecular weight is 441 g/mol. The Morgan fingerprint density at radius 3 is 2.66 bits per heavy atom. The van der Waals surface area contributed by atoms with Gasteiger partial charge in [0.1, 0.15) is 12.4 Å². The molecule has 32 heavy (non-hydrogen) atoms. The lowest BCUT2D eigenvalue weighted by atomic mass is 9.98. The molecule has 0 fully saturated rings. The number of nitrogens with one attached hydrogen (secondary N) is 1. The Labute approximate surface area is 184 Å². The van der Waals surface area contributed by atoms with Gasteiger partial charge < -0.3 is 10.2 Å². The molecule has 10 heteroatoms. The van der Waals surface area contributed by atoms with Crippen molar-refractivity contribution < 1.29 is 18.9 Å². The monoisotopic (exact) mass is 441 g/mol. The zero-order chi connectivity index (χ0) is 23.3. The molecule has 2 aromatic carbocycles. The van der Waals surface area contributed by atoms with Gasteiger partial charge in [-0.15, -0.1) is 0 Å². The first-order valence-corrected chi connectivity index (χ1v) is 10.2. The second-order valence-corrected chi connectivity index (χ2v) is 7.45. The van der Waals surface area contributed by atoms with E-state index in [4.69, 9.17) is 0 Å². The molecule has 168 valence electrons. The average Bonchev–Trinajstić information content (AvgIpc) is 3.23. The van der Waals surface area contributed by atoms with Gasteiger partial charge in [-0.25, -0.2) is 14.2 Å². The van der Waals surface area contributed by atoms with Gasteiger partial charge >= 0.3 is 6.03 Å². The molecule has 1 atom stereocenters. The first-order valence-electron chi connectivity index (χ1n) is 10.2. The van der Waals surface area contributed by atoms with Crippen molar-refractivity contribution in [2.75, 3.05) is 20.1 Å². The number of halogens is 1. The lowest BCUT2D eigenvalue weighted by molar-refractivity contribution is -0.384. The fourth-order valence-corrected chi connectivity index (χ4v) is 3.38. The summed E-state index contributed by atoms with van der Waals surface area (Å²) in [5.41, 5.74) is 1.65. The Hall–Kier alpha value is -3.82. The summed E-state index contributed by atoms with van der Waals surface area (Å²) in [5.74, 6) is -0.831. The summed E-state index contributed by atoms with van der Waals surface area (Å²) in [6.07, 6.45) is 1.06. The van der Waals surface area contributed by atoms with Crippen LogP contribution in [-0.4, -0.2) is 52.6 Å². The highest BCUT2D eigenvalue weighted by molar-refractivity contribution is 6.03. The highest BCUT2D eigenvalue weighted by Crippen LogP contribution is 2.34. The number of non-ortho nitro benzene ring substituents is 1. The van der Waals surface area contributed by atoms with Gasteiger partial charge in [-0.1, -0.05) is 31.2 Å². The quantitative estimate of drug-likeness (QED) is 0.524. The number of hydrogen-bond donors (Lipinski definition) is 1. The number of rotatable bonds is 7. The minimum atomic E-state index is -0.588. The zero-order valence-electron chi connectivity index (χ0n) is 17.8. The summed E-state index contributed by atoms with van der Waals surface area (Å²) in [6.45, 7) is 2.19. The molecule has 1 heterocycles. The minimum absolute atomic E-state index is 0.0961. The number of carbonyl (C=O) groups excluding carboxylic acids is 2. The minimum Gasteiger partial charge on any atom is -0.338 e. The normalized spacial score (nSPS) is 15.3. The number of nitrogens with zero attached hydrogens (tertiary/aromatic N) is 4. The molecule has 1 aliphatic heterocycles. The summed E-state index contributed by atoms with van der Waals surface area (Å²) in [4.78, 5) is 37.2. The highest BCUT2D eigenvalue weighted by Gasteiger charge is 2.34. The van der Waals surface area contributed by atoms with Crippen LogP contribution >= 0.6 is 0 Å². The number of nitro benzene ring substituents is 1. The molecule has 3 amide bonds. The van der Waals surface area contributed by atoms with Crippen LogP contribution in [-0.2, 0) is 4.79 Å². The van der Waals surface area contributed by atoms with Crippen LogP contribution in [0.3, 0.4) is 0 Å².